The molecule has 0 radical (unpaired) electrons. The van der Waals surface area contributed by atoms with E-state index < -0.39 is 40.3 Å². The summed E-state index contributed by atoms with van der Waals surface area (Å²) in [6.07, 6.45) is 4.06. The van der Waals surface area contributed by atoms with Gasteiger partial charge in [0.15, 0.2) is 5.78 Å². The van der Waals surface area contributed by atoms with Crippen molar-refractivity contribution in [3.05, 3.63) is 11.6 Å². The lowest BCUT2D eigenvalue weighted by molar-refractivity contribution is -0.154. The molecule has 0 spiro atoms. The second-order valence-corrected chi connectivity index (χ2v) is 12.9. The van der Waals surface area contributed by atoms with Crippen LogP contribution in [0.5, 0.6) is 0 Å². The third kappa shape index (κ3) is 3.85. The third-order valence-corrected chi connectivity index (χ3v) is 10.5. The molecule has 6 nitrogen and oxygen atoms in total. The predicted molar refractivity (Wildman–Crippen MR) is 125 cm³/mol. The summed E-state index contributed by atoms with van der Waals surface area (Å²) in [5.41, 5.74) is -2.01. The molecule has 4 aliphatic rings. The van der Waals surface area contributed by atoms with Gasteiger partial charge in [-0.2, -0.15) is 0 Å². The first kappa shape index (κ1) is 25.3. The van der Waals surface area contributed by atoms with Crippen molar-refractivity contribution in [3.63, 3.8) is 0 Å². The van der Waals surface area contributed by atoms with E-state index in [-0.39, 0.29) is 35.9 Å². The largest absolute Gasteiger partial charge is 0.393 e. The monoisotopic (exact) mass is 464 g/mol. The van der Waals surface area contributed by atoms with E-state index in [1.165, 1.54) is 0 Å². The molecule has 0 aliphatic heterocycles. The van der Waals surface area contributed by atoms with Gasteiger partial charge in [0.2, 0.25) is 0 Å². The molecule has 3 fully saturated rings. The molecule has 0 amide bonds. The van der Waals surface area contributed by atoms with Crippen LogP contribution in [0, 0.1) is 34.5 Å². The minimum atomic E-state index is -1.10. The predicted octanol–water partition coefficient (Wildman–Crippen LogP) is 2.74. The van der Waals surface area contributed by atoms with Gasteiger partial charge in [-0.15, -0.1) is 0 Å². The molecule has 4 rings (SSSR count). The van der Waals surface area contributed by atoms with Crippen LogP contribution in [-0.4, -0.2) is 60.8 Å². The fraction of sp³-hybridized carbons (Fsp3) is 0.889. The van der Waals surface area contributed by atoms with Crippen LogP contribution < -0.4 is 0 Å². The lowest BCUT2D eigenvalue weighted by Gasteiger charge is -2.60. The molecule has 3 saturated carbocycles. The average Bonchev–Trinajstić information content (AvgIpc) is 2.99. The standard InChI is InChI=1S/C27H44O6/c1-15(20(28)8-9-24(2,3)32)16-7-11-27(33)18-12-21(29)19-13-22(30)23(31)14-25(19,4)17(18)6-10-26(16,27)5/h12,15-17,19-20,22-23,28,30-33H,6-11,13-14H2,1-5H3/t15-,16+,17+,19-,20?,22+,23-,25+,26+,27+/m0/s1. The summed E-state index contributed by atoms with van der Waals surface area (Å²) in [5, 5.41) is 53.9. The van der Waals surface area contributed by atoms with Gasteiger partial charge >= 0.3 is 0 Å². The van der Waals surface area contributed by atoms with Crippen molar-refractivity contribution in [2.45, 2.75) is 115 Å². The van der Waals surface area contributed by atoms with Crippen molar-refractivity contribution in [1.82, 2.24) is 0 Å². The number of allylic oxidation sites excluding steroid dienone is 1. The van der Waals surface area contributed by atoms with E-state index in [1.54, 1.807) is 19.9 Å². The maximum absolute atomic E-state index is 13.2. The van der Waals surface area contributed by atoms with Crippen molar-refractivity contribution in [2.75, 3.05) is 0 Å². The second-order valence-electron chi connectivity index (χ2n) is 12.9. The van der Waals surface area contributed by atoms with Gasteiger partial charge in [-0.1, -0.05) is 20.8 Å². The van der Waals surface area contributed by atoms with Crippen LogP contribution in [0.3, 0.4) is 0 Å². The van der Waals surface area contributed by atoms with Crippen LogP contribution in [0.15, 0.2) is 11.6 Å². The Balaban J connectivity index is 1.62. The number of hydrogen-bond acceptors (Lipinski definition) is 6. The van der Waals surface area contributed by atoms with Gasteiger partial charge in [0.25, 0.3) is 0 Å². The zero-order valence-electron chi connectivity index (χ0n) is 20.9. The van der Waals surface area contributed by atoms with E-state index in [9.17, 15) is 30.3 Å². The normalized spacial score (nSPS) is 47.3. The SMILES string of the molecule is C[C@H](C(O)CCC(C)(C)O)[C@H]1CC[C@@]2(O)C3=CC(=O)[C@@H]4C[C@@H](O)[C@@H](O)C[C@]4(C)[C@@H]3CC[C@]12C. The van der Waals surface area contributed by atoms with Crippen LogP contribution >= 0.6 is 0 Å². The average molecular weight is 465 g/mol. The smallest absolute Gasteiger partial charge is 0.159 e. The Labute approximate surface area is 198 Å². The highest BCUT2D eigenvalue weighted by atomic mass is 16.3. The van der Waals surface area contributed by atoms with Crippen LogP contribution in [-0.2, 0) is 4.79 Å². The maximum Gasteiger partial charge on any atom is 0.159 e. The summed E-state index contributed by atoms with van der Waals surface area (Å²) in [6.45, 7) is 9.74. The van der Waals surface area contributed by atoms with Crippen LogP contribution in [0.2, 0.25) is 0 Å². The van der Waals surface area contributed by atoms with E-state index in [1.807, 2.05) is 0 Å². The van der Waals surface area contributed by atoms with Crippen molar-refractivity contribution < 1.29 is 30.3 Å². The fourth-order valence-corrected chi connectivity index (χ4v) is 8.29. The van der Waals surface area contributed by atoms with Crippen molar-refractivity contribution in [1.29, 1.82) is 0 Å². The van der Waals surface area contributed by atoms with Crippen molar-refractivity contribution in [3.8, 4) is 0 Å². The number of fused-ring (bicyclic) bond motifs is 5. The molecule has 1 unspecified atom stereocenters. The molecule has 10 atom stereocenters. The number of aliphatic hydroxyl groups excluding tert-OH is 3. The minimum absolute atomic E-state index is 0.00888. The van der Waals surface area contributed by atoms with E-state index in [4.69, 9.17) is 0 Å². The number of carbonyl (C=O) groups excluding carboxylic acids is 1. The lowest BCUT2D eigenvalue weighted by atomic mass is 9.46. The second kappa shape index (κ2) is 8.12. The third-order valence-electron chi connectivity index (χ3n) is 10.5. The first-order valence-electron chi connectivity index (χ1n) is 12.9. The Kier molecular flexibility index (Phi) is 6.23. The summed E-state index contributed by atoms with van der Waals surface area (Å²) in [7, 11) is 0. The zero-order chi connectivity index (χ0) is 24.6. The highest BCUT2D eigenvalue weighted by Crippen LogP contribution is 2.68. The molecule has 6 heteroatoms. The highest BCUT2D eigenvalue weighted by molar-refractivity contribution is 5.95. The van der Waals surface area contributed by atoms with Gasteiger partial charge in [-0.3, -0.25) is 4.79 Å². The minimum Gasteiger partial charge on any atom is -0.393 e. The summed E-state index contributed by atoms with van der Waals surface area (Å²) < 4.78 is 0. The van der Waals surface area contributed by atoms with Gasteiger partial charge in [-0.25, -0.2) is 0 Å². The van der Waals surface area contributed by atoms with Gasteiger partial charge in [0.05, 0.1) is 29.5 Å². The lowest BCUT2D eigenvalue weighted by Crippen LogP contribution is -2.61. The molecule has 5 N–H and O–H groups in total. The molecule has 0 bridgehead atoms. The van der Waals surface area contributed by atoms with E-state index >= 15 is 0 Å². The number of ketones is 1. The Morgan fingerprint density at radius 2 is 1.79 bits per heavy atom. The van der Waals surface area contributed by atoms with Crippen molar-refractivity contribution in [2.24, 2.45) is 34.5 Å². The Morgan fingerprint density at radius 3 is 2.42 bits per heavy atom. The quantitative estimate of drug-likeness (QED) is 0.427. The molecule has 0 saturated heterocycles. The van der Waals surface area contributed by atoms with Gasteiger partial charge < -0.3 is 25.5 Å². The molecule has 33 heavy (non-hydrogen) atoms. The molecule has 0 aromatic heterocycles. The molecule has 188 valence electrons. The molecule has 0 heterocycles. The van der Waals surface area contributed by atoms with Crippen LogP contribution in [0.1, 0.15) is 86.0 Å². The van der Waals surface area contributed by atoms with E-state index in [0.717, 1.165) is 24.8 Å². The Hall–Kier alpha value is -0.790. The topological polar surface area (TPSA) is 118 Å². The number of carbonyl (C=O) groups is 1. The fourth-order valence-electron chi connectivity index (χ4n) is 8.29. The van der Waals surface area contributed by atoms with Crippen molar-refractivity contribution >= 4 is 5.78 Å². The summed E-state index contributed by atoms with van der Waals surface area (Å²) in [6, 6.07) is 0. The Bertz CT molecular complexity index is 816. The van der Waals surface area contributed by atoms with Gasteiger partial charge in [0, 0.05) is 11.3 Å². The Morgan fingerprint density at radius 1 is 1.12 bits per heavy atom. The highest BCUT2D eigenvalue weighted by Gasteiger charge is 2.67. The van der Waals surface area contributed by atoms with Crippen LogP contribution in [0.25, 0.3) is 0 Å². The van der Waals surface area contributed by atoms with E-state index in [2.05, 4.69) is 20.8 Å². The van der Waals surface area contributed by atoms with Gasteiger partial charge in [-0.05, 0) is 100 Å². The summed E-state index contributed by atoms with van der Waals surface area (Å²) >= 11 is 0. The molecule has 0 aromatic rings. The molecular weight excluding hydrogens is 420 g/mol. The first-order chi connectivity index (χ1) is 15.1. The molecular formula is C27H44O6. The zero-order valence-corrected chi connectivity index (χ0v) is 20.9. The van der Waals surface area contributed by atoms with E-state index in [0.29, 0.717) is 25.7 Å². The van der Waals surface area contributed by atoms with Crippen LogP contribution in [0.4, 0.5) is 0 Å². The number of hydrogen-bond donors (Lipinski definition) is 5. The maximum atomic E-state index is 13.2. The molecule has 0 aromatic carbocycles. The summed E-state index contributed by atoms with van der Waals surface area (Å²) in [4.78, 5) is 13.2. The van der Waals surface area contributed by atoms with Gasteiger partial charge in [0.1, 0.15) is 0 Å². The number of rotatable bonds is 5. The number of aliphatic hydroxyl groups is 5. The first-order valence-corrected chi connectivity index (χ1v) is 12.9. The summed E-state index contributed by atoms with van der Waals surface area (Å²) in [5.74, 6) is -0.264. The molecule has 4 aliphatic carbocycles.